The summed E-state index contributed by atoms with van der Waals surface area (Å²) in [6.45, 7) is 1.62. The molecule has 3 rings (SSSR count). The Bertz CT molecular complexity index is 957. The summed E-state index contributed by atoms with van der Waals surface area (Å²) in [7, 11) is 0. The number of para-hydroxylation sites is 1. The second-order valence-electron chi connectivity index (χ2n) is 7.01. The van der Waals surface area contributed by atoms with Gasteiger partial charge in [-0.15, -0.1) is 0 Å². The SMILES string of the molecule is C[C@@H](CCc1ccccc1)NC(=O)COC(=O)c1cccc(Oc2ccccc2)c1. The Hall–Kier alpha value is -3.60. The van der Waals surface area contributed by atoms with Crippen LogP contribution in [0.3, 0.4) is 0 Å². The number of hydrogen-bond donors (Lipinski definition) is 1. The van der Waals surface area contributed by atoms with Gasteiger partial charge in [-0.1, -0.05) is 54.6 Å². The number of amides is 1. The second kappa shape index (κ2) is 10.8. The number of aryl methyl sites for hydroxylation is 1. The van der Waals surface area contributed by atoms with Gasteiger partial charge in [0.25, 0.3) is 5.91 Å². The summed E-state index contributed by atoms with van der Waals surface area (Å²) in [6.07, 6.45) is 1.68. The van der Waals surface area contributed by atoms with Gasteiger partial charge < -0.3 is 14.8 Å². The average molecular weight is 403 g/mol. The van der Waals surface area contributed by atoms with Crippen molar-refractivity contribution in [2.45, 2.75) is 25.8 Å². The molecule has 0 unspecified atom stereocenters. The lowest BCUT2D eigenvalue weighted by molar-refractivity contribution is -0.124. The molecule has 0 aliphatic rings. The lowest BCUT2D eigenvalue weighted by Crippen LogP contribution is -2.36. The Kier molecular flexibility index (Phi) is 7.61. The van der Waals surface area contributed by atoms with E-state index < -0.39 is 5.97 Å². The molecule has 0 fully saturated rings. The first-order chi connectivity index (χ1) is 14.6. The summed E-state index contributed by atoms with van der Waals surface area (Å²) in [5.74, 6) is 0.308. The van der Waals surface area contributed by atoms with E-state index in [9.17, 15) is 9.59 Å². The van der Waals surface area contributed by atoms with Crippen LogP contribution in [0.5, 0.6) is 11.5 Å². The van der Waals surface area contributed by atoms with Crippen molar-refractivity contribution in [2.24, 2.45) is 0 Å². The molecule has 0 heterocycles. The van der Waals surface area contributed by atoms with Crippen molar-refractivity contribution >= 4 is 11.9 Å². The molecule has 5 nitrogen and oxygen atoms in total. The minimum absolute atomic E-state index is 0.0148. The molecule has 1 amide bonds. The van der Waals surface area contributed by atoms with Gasteiger partial charge in [-0.05, 0) is 55.7 Å². The smallest absolute Gasteiger partial charge is 0.338 e. The Labute approximate surface area is 176 Å². The van der Waals surface area contributed by atoms with Crippen LogP contribution in [-0.2, 0) is 16.0 Å². The third-order valence-electron chi connectivity index (χ3n) is 4.50. The third-order valence-corrected chi connectivity index (χ3v) is 4.50. The van der Waals surface area contributed by atoms with E-state index in [0.29, 0.717) is 17.1 Å². The number of rotatable bonds is 9. The number of hydrogen-bond acceptors (Lipinski definition) is 4. The lowest BCUT2D eigenvalue weighted by atomic mass is 10.1. The quantitative estimate of drug-likeness (QED) is 0.523. The van der Waals surface area contributed by atoms with Gasteiger partial charge in [0, 0.05) is 6.04 Å². The molecule has 0 saturated carbocycles. The zero-order valence-corrected chi connectivity index (χ0v) is 16.9. The molecule has 0 saturated heterocycles. The number of esters is 1. The minimum Gasteiger partial charge on any atom is -0.457 e. The second-order valence-corrected chi connectivity index (χ2v) is 7.01. The van der Waals surface area contributed by atoms with E-state index in [1.54, 1.807) is 24.3 Å². The molecule has 0 aromatic heterocycles. The van der Waals surface area contributed by atoms with Crippen molar-refractivity contribution in [1.82, 2.24) is 5.32 Å². The van der Waals surface area contributed by atoms with E-state index in [1.807, 2.05) is 55.5 Å². The molecule has 3 aromatic carbocycles. The Morgan fingerprint density at radius 3 is 2.27 bits per heavy atom. The van der Waals surface area contributed by atoms with Gasteiger partial charge in [-0.3, -0.25) is 4.79 Å². The molecule has 0 spiro atoms. The molecule has 0 aliphatic carbocycles. The first-order valence-electron chi connectivity index (χ1n) is 9.93. The first kappa shape index (κ1) is 21.1. The van der Waals surface area contributed by atoms with Crippen LogP contribution < -0.4 is 10.1 Å². The third kappa shape index (κ3) is 6.78. The molecular weight excluding hydrogens is 378 g/mol. The van der Waals surface area contributed by atoms with Gasteiger partial charge >= 0.3 is 5.97 Å². The predicted molar refractivity (Wildman–Crippen MR) is 116 cm³/mol. The number of nitrogens with one attached hydrogen (secondary N) is 1. The summed E-state index contributed by atoms with van der Waals surface area (Å²) in [6, 6.07) is 26.1. The van der Waals surface area contributed by atoms with Crippen molar-refractivity contribution in [3.63, 3.8) is 0 Å². The standard InChI is InChI=1S/C25H25NO4/c1-19(15-16-20-9-4-2-5-10-20)26-24(27)18-29-25(28)21-11-8-14-23(17-21)30-22-12-6-3-7-13-22/h2-14,17,19H,15-16,18H2,1H3,(H,26,27)/t19-/m0/s1. The zero-order valence-electron chi connectivity index (χ0n) is 16.9. The van der Waals surface area contributed by atoms with Crippen molar-refractivity contribution in [3.05, 3.63) is 96.1 Å². The summed E-state index contributed by atoms with van der Waals surface area (Å²) >= 11 is 0. The molecule has 3 aromatic rings. The van der Waals surface area contributed by atoms with E-state index in [-0.39, 0.29) is 18.6 Å². The molecule has 0 aliphatic heterocycles. The minimum atomic E-state index is -0.569. The highest BCUT2D eigenvalue weighted by atomic mass is 16.5. The topological polar surface area (TPSA) is 64.6 Å². The predicted octanol–water partition coefficient (Wildman–Crippen LogP) is 4.77. The highest BCUT2D eigenvalue weighted by Gasteiger charge is 2.13. The van der Waals surface area contributed by atoms with Gasteiger partial charge in [-0.2, -0.15) is 0 Å². The fourth-order valence-electron chi connectivity index (χ4n) is 2.94. The molecule has 0 radical (unpaired) electrons. The number of benzene rings is 3. The molecule has 1 N–H and O–H groups in total. The molecule has 30 heavy (non-hydrogen) atoms. The zero-order chi connectivity index (χ0) is 21.2. The van der Waals surface area contributed by atoms with Gasteiger partial charge in [0.15, 0.2) is 6.61 Å². The molecule has 154 valence electrons. The summed E-state index contributed by atoms with van der Waals surface area (Å²) in [5.41, 5.74) is 1.55. The van der Waals surface area contributed by atoms with Gasteiger partial charge in [0.05, 0.1) is 5.56 Å². The Morgan fingerprint density at radius 2 is 1.53 bits per heavy atom. The maximum absolute atomic E-state index is 12.3. The van der Waals surface area contributed by atoms with E-state index in [4.69, 9.17) is 9.47 Å². The van der Waals surface area contributed by atoms with Gasteiger partial charge in [0.1, 0.15) is 11.5 Å². The maximum Gasteiger partial charge on any atom is 0.338 e. The highest BCUT2D eigenvalue weighted by molar-refractivity contribution is 5.91. The van der Waals surface area contributed by atoms with Crippen LogP contribution in [0.2, 0.25) is 0 Å². The van der Waals surface area contributed by atoms with Crippen LogP contribution in [0.25, 0.3) is 0 Å². The van der Waals surface area contributed by atoms with Crippen LogP contribution in [0.4, 0.5) is 0 Å². The molecule has 1 atom stereocenters. The van der Waals surface area contributed by atoms with E-state index in [2.05, 4.69) is 17.4 Å². The van der Waals surface area contributed by atoms with Crippen LogP contribution in [0.1, 0.15) is 29.3 Å². The highest BCUT2D eigenvalue weighted by Crippen LogP contribution is 2.22. The monoisotopic (exact) mass is 403 g/mol. The number of carbonyl (C=O) groups excluding carboxylic acids is 2. The van der Waals surface area contributed by atoms with Gasteiger partial charge in [0.2, 0.25) is 0 Å². The van der Waals surface area contributed by atoms with Crippen LogP contribution in [0.15, 0.2) is 84.9 Å². The van der Waals surface area contributed by atoms with Crippen molar-refractivity contribution in [2.75, 3.05) is 6.61 Å². The lowest BCUT2D eigenvalue weighted by Gasteiger charge is -2.14. The summed E-state index contributed by atoms with van der Waals surface area (Å²) < 4.78 is 10.9. The van der Waals surface area contributed by atoms with Crippen molar-refractivity contribution < 1.29 is 19.1 Å². The fraction of sp³-hybridized carbons (Fsp3) is 0.200. The van der Waals surface area contributed by atoms with Crippen LogP contribution >= 0.6 is 0 Å². The van der Waals surface area contributed by atoms with E-state index in [1.165, 1.54) is 5.56 Å². The largest absolute Gasteiger partial charge is 0.457 e. The number of ether oxygens (including phenoxy) is 2. The molecule has 0 bridgehead atoms. The van der Waals surface area contributed by atoms with Gasteiger partial charge in [-0.25, -0.2) is 4.79 Å². The maximum atomic E-state index is 12.3. The Morgan fingerprint density at radius 1 is 0.867 bits per heavy atom. The molecule has 5 heteroatoms. The van der Waals surface area contributed by atoms with E-state index in [0.717, 1.165) is 12.8 Å². The number of carbonyl (C=O) groups is 2. The Balaban J connectivity index is 1.44. The fourth-order valence-corrected chi connectivity index (χ4v) is 2.94. The molecular formula is C25H25NO4. The van der Waals surface area contributed by atoms with Crippen LogP contribution in [0, 0.1) is 0 Å². The normalized spacial score (nSPS) is 11.4. The average Bonchev–Trinajstić information content (AvgIpc) is 2.77. The van der Waals surface area contributed by atoms with Crippen LogP contribution in [-0.4, -0.2) is 24.5 Å². The van der Waals surface area contributed by atoms with Crippen molar-refractivity contribution in [1.29, 1.82) is 0 Å². The summed E-state index contributed by atoms with van der Waals surface area (Å²) in [5, 5.41) is 2.86. The van der Waals surface area contributed by atoms with E-state index >= 15 is 0 Å². The van der Waals surface area contributed by atoms with Crippen molar-refractivity contribution in [3.8, 4) is 11.5 Å². The first-order valence-corrected chi connectivity index (χ1v) is 9.93. The summed E-state index contributed by atoms with van der Waals surface area (Å²) in [4.78, 5) is 24.4.